The summed E-state index contributed by atoms with van der Waals surface area (Å²) in [6, 6.07) is 10.2. The number of methoxy groups -OCH3 is 1. The van der Waals surface area contributed by atoms with Gasteiger partial charge in [0.25, 0.3) is 5.91 Å². The maximum absolute atomic E-state index is 12.5. The summed E-state index contributed by atoms with van der Waals surface area (Å²) >= 11 is 12.0. The molecule has 0 fully saturated rings. The molecule has 0 saturated heterocycles. The molecule has 0 saturated carbocycles. The summed E-state index contributed by atoms with van der Waals surface area (Å²) in [7, 11) is 1.28. The number of rotatable bonds is 6. The van der Waals surface area contributed by atoms with Crippen LogP contribution in [-0.2, 0) is 14.3 Å². The fourth-order valence-corrected chi connectivity index (χ4v) is 2.94. The third-order valence-corrected chi connectivity index (χ3v) is 4.74. The lowest BCUT2D eigenvalue weighted by molar-refractivity contribution is -0.142. The molecule has 0 aliphatic rings. The molecule has 0 unspecified atom stereocenters. The molecule has 150 valence electrons. The molecule has 1 amide bonds. The third-order valence-electron chi connectivity index (χ3n) is 3.92. The van der Waals surface area contributed by atoms with Gasteiger partial charge in [0.15, 0.2) is 6.61 Å². The first-order valence-corrected chi connectivity index (χ1v) is 9.20. The summed E-state index contributed by atoms with van der Waals surface area (Å²) in [5, 5.41) is 12.5. The average molecular weight is 433 g/mol. The van der Waals surface area contributed by atoms with Crippen LogP contribution in [0.3, 0.4) is 0 Å². The number of carbonyl (C=O) groups is 2. The fraction of sp³-hybridized carbons (Fsp3) is 0.190. The second-order valence-electron chi connectivity index (χ2n) is 6.07. The zero-order chi connectivity index (χ0) is 21.6. The van der Waals surface area contributed by atoms with Gasteiger partial charge < -0.3 is 14.8 Å². The minimum atomic E-state index is -0.613. The van der Waals surface area contributed by atoms with Crippen LogP contribution in [0.5, 0.6) is 5.75 Å². The van der Waals surface area contributed by atoms with Crippen molar-refractivity contribution in [1.82, 2.24) is 0 Å². The number of nitrogens with one attached hydrogen (secondary N) is 1. The molecule has 0 aromatic heterocycles. The second kappa shape index (κ2) is 9.97. The molecule has 8 heteroatoms. The van der Waals surface area contributed by atoms with Crippen molar-refractivity contribution < 1.29 is 19.1 Å². The number of carbonyl (C=O) groups excluding carboxylic acids is 2. The van der Waals surface area contributed by atoms with E-state index < -0.39 is 11.9 Å². The van der Waals surface area contributed by atoms with Crippen LogP contribution in [0, 0.1) is 25.2 Å². The van der Waals surface area contributed by atoms with Crippen LogP contribution in [0.4, 0.5) is 5.69 Å². The van der Waals surface area contributed by atoms with Gasteiger partial charge in [0.1, 0.15) is 17.4 Å². The van der Waals surface area contributed by atoms with E-state index in [1.54, 1.807) is 44.2 Å². The molecule has 6 nitrogen and oxygen atoms in total. The lowest BCUT2D eigenvalue weighted by Crippen LogP contribution is -2.14. The number of ether oxygens (including phenoxy) is 2. The standard InChI is InChI=1S/C21H18Cl2N2O4/c1-12-7-14(8-13(2)20(12)29-11-18(26)28-3)9-15(10-24)21(27)25-17-6-4-5-16(22)19(17)23/h4-9H,11H2,1-3H3,(H,25,27)/b15-9-. The molecule has 29 heavy (non-hydrogen) atoms. The van der Waals surface area contributed by atoms with E-state index in [0.717, 1.165) is 11.1 Å². The summed E-state index contributed by atoms with van der Waals surface area (Å²) in [6.07, 6.45) is 1.46. The predicted octanol–water partition coefficient (Wildman–Crippen LogP) is 4.71. The molecule has 2 aromatic carbocycles. The third kappa shape index (κ3) is 5.74. The number of benzene rings is 2. The zero-order valence-electron chi connectivity index (χ0n) is 16.0. The first-order chi connectivity index (χ1) is 13.8. The number of hydrogen-bond donors (Lipinski definition) is 1. The Hall–Kier alpha value is -3.01. The number of esters is 1. The number of anilines is 1. The summed E-state index contributed by atoms with van der Waals surface area (Å²) < 4.78 is 10.1. The smallest absolute Gasteiger partial charge is 0.343 e. The molecule has 0 heterocycles. The highest BCUT2D eigenvalue weighted by Crippen LogP contribution is 2.30. The summed E-state index contributed by atoms with van der Waals surface area (Å²) in [5.41, 5.74) is 2.33. The Morgan fingerprint density at radius 1 is 1.21 bits per heavy atom. The van der Waals surface area contributed by atoms with E-state index in [-0.39, 0.29) is 17.2 Å². The largest absolute Gasteiger partial charge is 0.481 e. The monoisotopic (exact) mass is 432 g/mol. The first-order valence-electron chi connectivity index (χ1n) is 8.44. The number of halogens is 2. The number of aryl methyl sites for hydroxylation is 2. The minimum absolute atomic E-state index is 0.108. The van der Waals surface area contributed by atoms with E-state index >= 15 is 0 Å². The normalized spacial score (nSPS) is 10.8. The lowest BCUT2D eigenvalue weighted by atomic mass is 10.0. The molecule has 0 atom stereocenters. The van der Waals surface area contributed by atoms with Crippen LogP contribution in [0.15, 0.2) is 35.9 Å². The highest BCUT2D eigenvalue weighted by atomic mass is 35.5. The van der Waals surface area contributed by atoms with Crippen molar-refractivity contribution in [3.05, 3.63) is 62.6 Å². The van der Waals surface area contributed by atoms with Gasteiger partial charge >= 0.3 is 5.97 Å². The van der Waals surface area contributed by atoms with Gasteiger partial charge in [-0.25, -0.2) is 4.79 Å². The highest BCUT2D eigenvalue weighted by molar-refractivity contribution is 6.44. The molecule has 2 rings (SSSR count). The van der Waals surface area contributed by atoms with Crippen LogP contribution < -0.4 is 10.1 Å². The van der Waals surface area contributed by atoms with E-state index in [0.29, 0.717) is 22.0 Å². The van der Waals surface area contributed by atoms with Crippen molar-refractivity contribution in [2.75, 3.05) is 19.0 Å². The first kappa shape index (κ1) is 22.3. The maximum Gasteiger partial charge on any atom is 0.343 e. The van der Waals surface area contributed by atoms with Crippen LogP contribution >= 0.6 is 23.2 Å². The van der Waals surface area contributed by atoms with Crippen molar-refractivity contribution in [2.24, 2.45) is 0 Å². The van der Waals surface area contributed by atoms with Crippen molar-refractivity contribution in [2.45, 2.75) is 13.8 Å². The number of nitrogens with zero attached hydrogens (tertiary/aromatic N) is 1. The van der Waals surface area contributed by atoms with Gasteiger partial charge in [-0.1, -0.05) is 29.3 Å². The Bertz CT molecular complexity index is 1000. The van der Waals surface area contributed by atoms with E-state index in [9.17, 15) is 14.9 Å². The fourth-order valence-electron chi connectivity index (χ4n) is 2.59. The Morgan fingerprint density at radius 3 is 2.45 bits per heavy atom. The van der Waals surface area contributed by atoms with Crippen molar-refractivity contribution in [1.29, 1.82) is 5.26 Å². The van der Waals surface area contributed by atoms with E-state index in [1.807, 2.05) is 6.07 Å². The lowest BCUT2D eigenvalue weighted by Gasteiger charge is -2.12. The van der Waals surface area contributed by atoms with Crippen LogP contribution in [0.2, 0.25) is 10.0 Å². The molecule has 0 aliphatic heterocycles. The molecule has 1 N–H and O–H groups in total. The Kier molecular flexibility index (Phi) is 7.66. The quantitative estimate of drug-likeness (QED) is 0.405. The zero-order valence-corrected chi connectivity index (χ0v) is 17.5. The summed E-state index contributed by atoms with van der Waals surface area (Å²) in [5.74, 6) is -0.560. The van der Waals surface area contributed by atoms with Gasteiger partial charge in [0.2, 0.25) is 0 Å². The molecule has 0 bridgehead atoms. The number of amides is 1. The minimum Gasteiger partial charge on any atom is -0.481 e. The molecular formula is C21H18Cl2N2O4. The van der Waals surface area contributed by atoms with E-state index in [1.165, 1.54) is 13.2 Å². The molecule has 0 aliphatic carbocycles. The van der Waals surface area contributed by atoms with Crippen LogP contribution in [0.25, 0.3) is 6.08 Å². The summed E-state index contributed by atoms with van der Waals surface area (Å²) in [4.78, 5) is 23.8. The average Bonchev–Trinajstić information content (AvgIpc) is 2.68. The van der Waals surface area contributed by atoms with Gasteiger partial charge in [-0.15, -0.1) is 0 Å². The van der Waals surface area contributed by atoms with Crippen molar-refractivity contribution in [3.63, 3.8) is 0 Å². The number of nitriles is 1. The molecule has 2 aromatic rings. The van der Waals surface area contributed by atoms with E-state index in [2.05, 4.69) is 10.1 Å². The van der Waals surface area contributed by atoms with Gasteiger partial charge in [-0.2, -0.15) is 5.26 Å². The van der Waals surface area contributed by atoms with Crippen LogP contribution in [0.1, 0.15) is 16.7 Å². The maximum atomic E-state index is 12.5. The van der Waals surface area contributed by atoms with Gasteiger partial charge in [-0.05, 0) is 60.9 Å². The molecule has 0 radical (unpaired) electrons. The van der Waals surface area contributed by atoms with E-state index in [4.69, 9.17) is 27.9 Å². The SMILES string of the molecule is COC(=O)COc1c(C)cc(/C=C(/C#N)C(=O)Nc2cccc(Cl)c2Cl)cc1C. The van der Waals surface area contributed by atoms with Crippen molar-refractivity contribution in [3.8, 4) is 11.8 Å². The van der Waals surface area contributed by atoms with Gasteiger partial charge in [0, 0.05) is 0 Å². The molecular weight excluding hydrogens is 415 g/mol. The topological polar surface area (TPSA) is 88.4 Å². The molecule has 0 spiro atoms. The Labute approximate surface area is 178 Å². The van der Waals surface area contributed by atoms with Crippen molar-refractivity contribution >= 4 is 46.8 Å². The van der Waals surface area contributed by atoms with Crippen LogP contribution in [-0.4, -0.2) is 25.6 Å². The van der Waals surface area contributed by atoms with Gasteiger partial charge in [-0.3, -0.25) is 4.79 Å². The predicted molar refractivity (Wildman–Crippen MR) is 112 cm³/mol. The highest BCUT2D eigenvalue weighted by Gasteiger charge is 2.14. The Morgan fingerprint density at radius 2 is 1.86 bits per heavy atom. The van der Waals surface area contributed by atoms with Gasteiger partial charge in [0.05, 0.1) is 22.8 Å². The summed E-state index contributed by atoms with van der Waals surface area (Å²) in [6.45, 7) is 3.39. The second-order valence-corrected chi connectivity index (χ2v) is 6.86. The number of hydrogen-bond acceptors (Lipinski definition) is 5. The Balaban J connectivity index is 2.26.